The summed E-state index contributed by atoms with van der Waals surface area (Å²) >= 11 is 0. The van der Waals surface area contributed by atoms with Crippen molar-refractivity contribution in [3.63, 3.8) is 0 Å². The smallest absolute Gasteiger partial charge is 0.274 e. The zero-order valence-electron chi connectivity index (χ0n) is 18.8. The van der Waals surface area contributed by atoms with E-state index in [4.69, 9.17) is 0 Å². The summed E-state index contributed by atoms with van der Waals surface area (Å²) < 4.78 is 0. The van der Waals surface area contributed by atoms with Crippen molar-refractivity contribution in [2.75, 3.05) is 19.4 Å². The van der Waals surface area contributed by atoms with E-state index in [9.17, 15) is 9.59 Å². The van der Waals surface area contributed by atoms with Crippen LogP contribution in [0.4, 0.5) is 5.69 Å². The number of carbonyl (C=O) groups excluding carboxylic acids is 2. The van der Waals surface area contributed by atoms with Gasteiger partial charge >= 0.3 is 0 Å². The van der Waals surface area contributed by atoms with Gasteiger partial charge in [0.05, 0.1) is 0 Å². The Kier molecular flexibility index (Phi) is 8.11. The van der Waals surface area contributed by atoms with E-state index in [1.54, 1.807) is 44.6 Å². The summed E-state index contributed by atoms with van der Waals surface area (Å²) in [6, 6.07) is 21.4. The number of rotatable bonds is 9. The lowest BCUT2D eigenvalue weighted by Gasteiger charge is -2.17. The molecule has 2 amide bonds. The Labute approximate surface area is 189 Å². The first-order valence-corrected chi connectivity index (χ1v) is 10.8. The van der Waals surface area contributed by atoms with Crippen molar-refractivity contribution < 1.29 is 9.59 Å². The molecule has 2 aromatic carbocycles. The highest BCUT2D eigenvalue weighted by atomic mass is 16.2. The maximum atomic E-state index is 12.6. The minimum atomic E-state index is -0.310. The zero-order valence-corrected chi connectivity index (χ0v) is 18.8. The van der Waals surface area contributed by atoms with Crippen LogP contribution in [0.3, 0.4) is 0 Å². The SMILES string of the molecule is C[C@@H](CCc1ccccc1)NCc1cc(NC(=O)c2ccccn2)cc(C(=O)N(C)C)c1. The fraction of sp³-hybridized carbons (Fsp3) is 0.269. The monoisotopic (exact) mass is 430 g/mol. The van der Waals surface area contributed by atoms with Crippen molar-refractivity contribution in [1.82, 2.24) is 15.2 Å². The Morgan fingerprint density at radius 3 is 2.41 bits per heavy atom. The molecule has 1 atom stereocenters. The van der Waals surface area contributed by atoms with E-state index >= 15 is 0 Å². The molecule has 1 aromatic heterocycles. The van der Waals surface area contributed by atoms with Crippen LogP contribution in [0.2, 0.25) is 0 Å². The third-order valence-corrected chi connectivity index (χ3v) is 5.16. The van der Waals surface area contributed by atoms with E-state index in [-0.39, 0.29) is 11.8 Å². The van der Waals surface area contributed by atoms with Crippen LogP contribution in [0.15, 0.2) is 72.9 Å². The standard InChI is InChI=1S/C26H30N4O2/c1-19(12-13-20-9-5-4-6-10-20)28-18-21-15-22(26(32)30(2)3)17-23(16-21)29-25(31)24-11-7-8-14-27-24/h4-11,14-17,19,28H,12-13,18H2,1-3H3,(H,29,31)/t19-/m0/s1. The third-order valence-electron chi connectivity index (χ3n) is 5.16. The van der Waals surface area contributed by atoms with Crippen LogP contribution in [-0.4, -0.2) is 41.8 Å². The summed E-state index contributed by atoms with van der Waals surface area (Å²) in [5, 5.41) is 6.39. The first-order valence-electron chi connectivity index (χ1n) is 10.8. The molecule has 6 heteroatoms. The predicted molar refractivity (Wildman–Crippen MR) is 128 cm³/mol. The molecule has 32 heavy (non-hydrogen) atoms. The van der Waals surface area contributed by atoms with E-state index in [1.807, 2.05) is 18.2 Å². The van der Waals surface area contributed by atoms with E-state index < -0.39 is 0 Å². The van der Waals surface area contributed by atoms with Gasteiger partial charge in [0.15, 0.2) is 0 Å². The van der Waals surface area contributed by atoms with Gasteiger partial charge < -0.3 is 15.5 Å². The minimum Gasteiger partial charge on any atom is -0.345 e. The summed E-state index contributed by atoms with van der Waals surface area (Å²) in [5.41, 5.74) is 3.68. The van der Waals surface area contributed by atoms with Gasteiger partial charge in [0, 0.05) is 44.1 Å². The molecule has 3 aromatic rings. The molecule has 6 nitrogen and oxygen atoms in total. The topological polar surface area (TPSA) is 74.3 Å². The van der Waals surface area contributed by atoms with Crippen LogP contribution in [0.5, 0.6) is 0 Å². The number of amides is 2. The maximum Gasteiger partial charge on any atom is 0.274 e. The Morgan fingerprint density at radius 2 is 1.72 bits per heavy atom. The van der Waals surface area contributed by atoms with Crippen molar-refractivity contribution in [3.05, 3.63) is 95.3 Å². The summed E-state index contributed by atoms with van der Waals surface area (Å²) in [6.07, 6.45) is 3.58. The highest BCUT2D eigenvalue weighted by Crippen LogP contribution is 2.18. The number of anilines is 1. The van der Waals surface area contributed by atoms with Crippen LogP contribution < -0.4 is 10.6 Å². The molecule has 0 spiro atoms. The first kappa shape index (κ1) is 23.2. The number of aryl methyl sites for hydroxylation is 1. The van der Waals surface area contributed by atoms with Crippen molar-refractivity contribution >= 4 is 17.5 Å². The maximum absolute atomic E-state index is 12.6. The second-order valence-corrected chi connectivity index (χ2v) is 8.09. The number of pyridine rings is 1. The summed E-state index contributed by atoms with van der Waals surface area (Å²) in [4.78, 5) is 30.7. The van der Waals surface area contributed by atoms with Crippen LogP contribution in [0.1, 0.15) is 45.3 Å². The van der Waals surface area contributed by atoms with E-state index in [2.05, 4.69) is 46.8 Å². The van der Waals surface area contributed by atoms with Gasteiger partial charge in [-0.25, -0.2) is 0 Å². The predicted octanol–water partition coefficient (Wildman–Crippen LogP) is 4.15. The Morgan fingerprint density at radius 1 is 0.969 bits per heavy atom. The Balaban J connectivity index is 1.69. The van der Waals surface area contributed by atoms with Crippen LogP contribution in [0.25, 0.3) is 0 Å². The lowest BCUT2D eigenvalue weighted by molar-refractivity contribution is 0.0827. The number of aromatic nitrogens is 1. The molecule has 0 fully saturated rings. The highest BCUT2D eigenvalue weighted by molar-refractivity contribution is 6.04. The van der Waals surface area contributed by atoms with Crippen molar-refractivity contribution in [3.8, 4) is 0 Å². The van der Waals surface area contributed by atoms with Crippen molar-refractivity contribution in [2.24, 2.45) is 0 Å². The van der Waals surface area contributed by atoms with Crippen molar-refractivity contribution in [2.45, 2.75) is 32.4 Å². The van der Waals surface area contributed by atoms with Gasteiger partial charge in [-0.3, -0.25) is 14.6 Å². The van der Waals surface area contributed by atoms with Gasteiger partial charge in [0.25, 0.3) is 11.8 Å². The van der Waals surface area contributed by atoms with Crippen LogP contribution in [0, 0.1) is 0 Å². The third kappa shape index (κ3) is 6.75. The summed E-state index contributed by atoms with van der Waals surface area (Å²) in [7, 11) is 3.43. The van der Waals surface area contributed by atoms with Gasteiger partial charge in [0.2, 0.25) is 0 Å². The fourth-order valence-electron chi connectivity index (χ4n) is 3.36. The summed E-state index contributed by atoms with van der Waals surface area (Å²) in [6.45, 7) is 2.75. The number of hydrogen-bond acceptors (Lipinski definition) is 4. The molecule has 0 unspecified atom stereocenters. The molecule has 3 rings (SSSR count). The van der Waals surface area contributed by atoms with E-state index in [0.29, 0.717) is 29.5 Å². The second-order valence-electron chi connectivity index (χ2n) is 8.09. The number of nitrogens with one attached hydrogen (secondary N) is 2. The first-order chi connectivity index (χ1) is 15.4. The average Bonchev–Trinajstić information content (AvgIpc) is 2.82. The molecule has 2 N–H and O–H groups in total. The lowest BCUT2D eigenvalue weighted by Crippen LogP contribution is -2.27. The number of nitrogens with zero attached hydrogens (tertiary/aromatic N) is 2. The fourth-order valence-corrected chi connectivity index (χ4v) is 3.36. The Hall–Kier alpha value is -3.51. The van der Waals surface area contributed by atoms with E-state index in [1.165, 1.54) is 10.5 Å². The molecule has 1 heterocycles. The molecular formula is C26H30N4O2. The summed E-state index contributed by atoms with van der Waals surface area (Å²) in [5.74, 6) is -0.424. The number of carbonyl (C=O) groups is 2. The highest BCUT2D eigenvalue weighted by Gasteiger charge is 2.14. The quantitative estimate of drug-likeness (QED) is 0.535. The second kappa shape index (κ2) is 11.2. The molecule has 0 aliphatic rings. The lowest BCUT2D eigenvalue weighted by atomic mass is 10.0. The van der Waals surface area contributed by atoms with Gasteiger partial charge in [-0.1, -0.05) is 36.4 Å². The number of benzene rings is 2. The molecule has 0 saturated carbocycles. The van der Waals surface area contributed by atoms with Gasteiger partial charge in [-0.15, -0.1) is 0 Å². The molecule has 166 valence electrons. The molecular weight excluding hydrogens is 400 g/mol. The minimum absolute atomic E-state index is 0.114. The van der Waals surface area contributed by atoms with Crippen molar-refractivity contribution in [1.29, 1.82) is 0 Å². The average molecular weight is 431 g/mol. The normalized spacial score (nSPS) is 11.6. The van der Waals surface area contributed by atoms with Gasteiger partial charge in [-0.05, 0) is 61.2 Å². The van der Waals surface area contributed by atoms with Crippen LogP contribution >= 0.6 is 0 Å². The Bertz CT molecular complexity index is 1040. The van der Waals surface area contributed by atoms with Crippen LogP contribution in [-0.2, 0) is 13.0 Å². The molecule has 0 aliphatic carbocycles. The van der Waals surface area contributed by atoms with E-state index in [0.717, 1.165) is 18.4 Å². The zero-order chi connectivity index (χ0) is 22.9. The molecule has 0 aliphatic heterocycles. The largest absolute Gasteiger partial charge is 0.345 e. The van der Waals surface area contributed by atoms with Gasteiger partial charge in [0.1, 0.15) is 5.69 Å². The molecule has 0 saturated heterocycles. The molecule has 0 bridgehead atoms. The number of hydrogen-bond donors (Lipinski definition) is 2. The molecule has 0 radical (unpaired) electrons. The van der Waals surface area contributed by atoms with Gasteiger partial charge in [-0.2, -0.15) is 0 Å².